The van der Waals surface area contributed by atoms with Crippen molar-refractivity contribution in [1.29, 1.82) is 0 Å². The van der Waals surface area contributed by atoms with Gasteiger partial charge in [-0.3, -0.25) is 10.1 Å². The number of nitro groups is 1. The molecule has 0 atom stereocenters. The van der Waals surface area contributed by atoms with E-state index in [1.54, 1.807) is 12.1 Å². The third kappa shape index (κ3) is 3.58. The summed E-state index contributed by atoms with van der Waals surface area (Å²) in [4.78, 5) is 18.5. The van der Waals surface area contributed by atoms with Crippen LogP contribution in [0.5, 0.6) is 0 Å². The molecule has 0 aliphatic rings. The first-order valence-electron chi connectivity index (χ1n) is 5.43. The van der Waals surface area contributed by atoms with Crippen molar-refractivity contribution in [1.82, 2.24) is 9.97 Å². The maximum Gasteiger partial charge on any atom is 0.302 e. The lowest BCUT2D eigenvalue weighted by atomic mass is 10.2. The number of nitrogens with zero attached hydrogens (tertiary/aromatic N) is 4. The Morgan fingerprint density at radius 3 is 2.76 bits per heavy atom. The number of rotatable bonds is 4. The van der Waals surface area contributed by atoms with E-state index in [0.29, 0.717) is 10.0 Å². The summed E-state index contributed by atoms with van der Waals surface area (Å²) in [7, 11) is 0. The number of hydrogen-bond donors (Lipinski definition) is 2. The second kappa shape index (κ2) is 6.37. The molecule has 10 heteroatoms. The molecule has 108 valence electrons. The highest BCUT2D eigenvalue weighted by Crippen LogP contribution is 2.32. The quantitative estimate of drug-likeness (QED) is 0.290. The molecule has 2 aromatic rings. The predicted octanol–water partition coefficient (Wildman–Crippen LogP) is 2.28. The van der Waals surface area contributed by atoms with Crippen LogP contribution < -0.4 is 5.73 Å². The van der Waals surface area contributed by atoms with Crippen LogP contribution in [0.3, 0.4) is 0 Å². The molecule has 0 aromatic carbocycles. The number of nitrogens with two attached hydrogens (primary N) is 1. The van der Waals surface area contributed by atoms with Crippen LogP contribution in [0.15, 0.2) is 45.8 Å². The monoisotopic (exact) mass is 325 g/mol. The summed E-state index contributed by atoms with van der Waals surface area (Å²) >= 11 is 6.74. The Kier molecular flexibility index (Phi) is 4.55. The molecule has 0 aliphatic carbocycles. The molecule has 2 rings (SSSR count). The normalized spacial score (nSPS) is 11.4. The number of pyridine rings is 2. The van der Waals surface area contributed by atoms with Crippen molar-refractivity contribution in [3.8, 4) is 0 Å². The van der Waals surface area contributed by atoms with Gasteiger partial charge in [0.1, 0.15) is 5.03 Å². The first kappa shape index (κ1) is 15.0. The van der Waals surface area contributed by atoms with Crippen molar-refractivity contribution in [2.75, 3.05) is 0 Å². The highest BCUT2D eigenvalue weighted by atomic mass is 35.5. The van der Waals surface area contributed by atoms with Gasteiger partial charge in [-0.05, 0) is 23.9 Å². The average Bonchev–Trinajstić information content (AvgIpc) is 2.49. The summed E-state index contributed by atoms with van der Waals surface area (Å²) < 4.78 is 0. The summed E-state index contributed by atoms with van der Waals surface area (Å²) in [6.45, 7) is 0. The third-order valence-corrected chi connectivity index (χ3v) is 3.52. The smallest absolute Gasteiger partial charge is 0.302 e. The van der Waals surface area contributed by atoms with Crippen LogP contribution in [0, 0.1) is 10.1 Å². The van der Waals surface area contributed by atoms with Crippen molar-refractivity contribution >= 4 is 34.9 Å². The Balaban J connectivity index is 2.39. The van der Waals surface area contributed by atoms with Gasteiger partial charge in [0.2, 0.25) is 0 Å². The predicted molar refractivity (Wildman–Crippen MR) is 76.8 cm³/mol. The SMILES string of the molecule is N/C(=N/O)c1cnc(Sc2ccc(Cl)cn2)c([N+](=O)[O-])c1. The first-order valence-corrected chi connectivity index (χ1v) is 6.62. The molecule has 0 aliphatic heterocycles. The van der Waals surface area contributed by atoms with Crippen LogP contribution in [-0.4, -0.2) is 25.9 Å². The Hall–Kier alpha value is -2.39. The zero-order chi connectivity index (χ0) is 15.4. The van der Waals surface area contributed by atoms with Gasteiger partial charge in [-0.15, -0.1) is 0 Å². The van der Waals surface area contributed by atoms with Crippen molar-refractivity contribution in [3.63, 3.8) is 0 Å². The molecule has 2 aromatic heterocycles. The fraction of sp³-hybridized carbons (Fsp3) is 0. The van der Waals surface area contributed by atoms with E-state index in [-0.39, 0.29) is 22.1 Å². The van der Waals surface area contributed by atoms with Crippen LogP contribution >= 0.6 is 23.4 Å². The minimum absolute atomic E-state index is 0.143. The maximum absolute atomic E-state index is 11.1. The molecule has 8 nitrogen and oxygen atoms in total. The van der Waals surface area contributed by atoms with Gasteiger partial charge in [0.15, 0.2) is 10.9 Å². The van der Waals surface area contributed by atoms with Crippen molar-refractivity contribution in [2.24, 2.45) is 10.9 Å². The number of halogens is 1. The summed E-state index contributed by atoms with van der Waals surface area (Å²) in [5.74, 6) is -0.258. The molecule has 0 amide bonds. The summed E-state index contributed by atoms with van der Waals surface area (Å²) in [5.41, 5.74) is 5.27. The lowest BCUT2D eigenvalue weighted by Crippen LogP contribution is -2.14. The first-order chi connectivity index (χ1) is 10.0. The second-order valence-corrected chi connectivity index (χ2v) is 5.15. The minimum Gasteiger partial charge on any atom is -0.409 e. The highest BCUT2D eigenvalue weighted by Gasteiger charge is 2.19. The van der Waals surface area contributed by atoms with Crippen LogP contribution in [0.25, 0.3) is 0 Å². The lowest BCUT2D eigenvalue weighted by Gasteiger charge is -2.04. The van der Waals surface area contributed by atoms with Gasteiger partial charge >= 0.3 is 5.69 Å². The molecule has 0 saturated carbocycles. The molecule has 0 spiro atoms. The Morgan fingerprint density at radius 2 is 2.19 bits per heavy atom. The number of hydrogen-bond acceptors (Lipinski definition) is 7. The lowest BCUT2D eigenvalue weighted by molar-refractivity contribution is -0.388. The molecule has 0 bridgehead atoms. The molecule has 0 unspecified atom stereocenters. The molecule has 0 fully saturated rings. The van der Waals surface area contributed by atoms with E-state index in [9.17, 15) is 10.1 Å². The average molecular weight is 326 g/mol. The summed E-state index contributed by atoms with van der Waals surface area (Å²) in [6.07, 6.45) is 2.71. The van der Waals surface area contributed by atoms with Gasteiger partial charge < -0.3 is 10.9 Å². The largest absolute Gasteiger partial charge is 0.409 e. The Labute approximate surface area is 127 Å². The van der Waals surface area contributed by atoms with Crippen LogP contribution in [0.4, 0.5) is 5.69 Å². The number of amidine groups is 1. The zero-order valence-corrected chi connectivity index (χ0v) is 11.9. The van der Waals surface area contributed by atoms with Gasteiger partial charge in [0, 0.05) is 24.0 Å². The third-order valence-electron chi connectivity index (χ3n) is 2.33. The van der Waals surface area contributed by atoms with Crippen molar-refractivity contribution in [3.05, 3.63) is 51.3 Å². The molecule has 3 N–H and O–H groups in total. The number of aromatic nitrogens is 2. The fourth-order valence-electron chi connectivity index (χ4n) is 1.37. The highest BCUT2D eigenvalue weighted by molar-refractivity contribution is 7.99. The van der Waals surface area contributed by atoms with Gasteiger partial charge in [-0.25, -0.2) is 9.97 Å². The van der Waals surface area contributed by atoms with Crippen molar-refractivity contribution in [2.45, 2.75) is 10.1 Å². The molecule has 0 saturated heterocycles. The van der Waals surface area contributed by atoms with Crippen LogP contribution in [-0.2, 0) is 0 Å². The summed E-state index contributed by atoms with van der Waals surface area (Å²) in [5, 5.41) is 23.6. The van der Waals surface area contributed by atoms with E-state index < -0.39 is 4.92 Å². The van der Waals surface area contributed by atoms with E-state index in [1.807, 2.05) is 0 Å². The Bertz CT molecular complexity index is 708. The van der Waals surface area contributed by atoms with E-state index >= 15 is 0 Å². The van der Waals surface area contributed by atoms with E-state index in [1.165, 1.54) is 18.5 Å². The zero-order valence-electron chi connectivity index (χ0n) is 10.3. The number of oxime groups is 1. The molecule has 21 heavy (non-hydrogen) atoms. The fourth-order valence-corrected chi connectivity index (χ4v) is 2.26. The van der Waals surface area contributed by atoms with Gasteiger partial charge in [-0.2, -0.15) is 0 Å². The second-order valence-electron chi connectivity index (χ2n) is 3.71. The van der Waals surface area contributed by atoms with E-state index in [0.717, 1.165) is 11.8 Å². The standard InChI is InChI=1S/C11H8ClN5O3S/c12-7-1-2-9(14-5-7)21-11-8(17(19)20)3-6(4-15-11)10(13)16-18/h1-5,18H,(H2,13,16). The molecule has 0 radical (unpaired) electrons. The van der Waals surface area contributed by atoms with Gasteiger partial charge in [0.05, 0.1) is 9.95 Å². The van der Waals surface area contributed by atoms with E-state index in [4.69, 9.17) is 22.5 Å². The topological polar surface area (TPSA) is 128 Å². The van der Waals surface area contributed by atoms with Crippen LogP contribution in [0.2, 0.25) is 5.02 Å². The minimum atomic E-state index is -0.598. The van der Waals surface area contributed by atoms with Gasteiger partial charge in [-0.1, -0.05) is 16.8 Å². The van der Waals surface area contributed by atoms with Gasteiger partial charge in [0.25, 0.3) is 0 Å². The molecule has 2 heterocycles. The Morgan fingerprint density at radius 1 is 1.43 bits per heavy atom. The summed E-state index contributed by atoms with van der Waals surface area (Å²) in [6, 6.07) is 4.42. The molecular weight excluding hydrogens is 318 g/mol. The van der Waals surface area contributed by atoms with Crippen molar-refractivity contribution < 1.29 is 10.1 Å². The van der Waals surface area contributed by atoms with E-state index in [2.05, 4.69) is 15.1 Å². The maximum atomic E-state index is 11.1. The molecular formula is C11H8ClN5O3S. The van der Waals surface area contributed by atoms with Crippen LogP contribution in [0.1, 0.15) is 5.56 Å².